The zero-order valence-electron chi connectivity index (χ0n) is 21.7. The van der Waals surface area contributed by atoms with E-state index in [9.17, 15) is 18.0 Å². The number of ketones is 1. The third-order valence-corrected chi connectivity index (χ3v) is 7.24. The number of benzene rings is 3. The van der Waals surface area contributed by atoms with Crippen molar-refractivity contribution in [1.29, 1.82) is 0 Å². The van der Waals surface area contributed by atoms with E-state index in [2.05, 4.69) is 5.32 Å². The number of ether oxygens (including phenoxy) is 2. The van der Waals surface area contributed by atoms with Gasteiger partial charge in [0.2, 0.25) is 0 Å². The van der Waals surface area contributed by atoms with Crippen LogP contribution in [-0.4, -0.2) is 31.9 Å². The second-order valence-corrected chi connectivity index (χ2v) is 9.82. The maximum Gasteiger partial charge on any atom is 0.411 e. The van der Waals surface area contributed by atoms with Gasteiger partial charge in [-0.05, 0) is 66.8 Å². The Kier molecular flexibility index (Phi) is 8.49. The molecule has 4 rings (SSSR count). The summed E-state index contributed by atoms with van der Waals surface area (Å²) in [6.45, 7) is -0.400. The number of hydrogen-bond acceptors (Lipinski definition) is 4. The molecule has 3 aromatic carbocycles. The standard InChI is InChI=1S/C30H29F6NO3/c1-39-24-12-8-22(9-13-24)26(38)27(17-18-27)29(30(34,35)36,37-20-21-6-3-2-4-7-21)23-10-14-25(15-11-23)40-19-5-16-28(31,32)33/h2-4,6-15,37H,5,16-20H2,1H3. The minimum Gasteiger partial charge on any atom is -0.497 e. The number of methoxy groups -OCH3 is 1. The number of hydrogen-bond donors (Lipinski definition) is 1. The zero-order chi connectivity index (χ0) is 29.0. The van der Waals surface area contributed by atoms with E-state index in [0.717, 1.165) is 0 Å². The van der Waals surface area contributed by atoms with Crippen LogP contribution in [-0.2, 0) is 12.1 Å². The van der Waals surface area contributed by atoms with E-state index in [1.807, 2.05) is 0 Å². The largest absolute Gasteiger partial charge is 0.497 e. The zero-order valence-corrected chi connectivity index (χ0v) is 21.7. The lowest BCUT2D eigenvalue weighted by atomic mass is 9.70. The highest BCUT2D eigenvalue weighted by molar-refractivity contribution is 6.03. The Hall–Kier alpha value is -3.53. The molecule has 1 atom stereocenters. The number of carbonyl (C=O) groups excluding carboxylic acids is 1. The normalized spacial score (nSPS) is 16.2. The molecule has 0 spiro atoms. The minimum absolute atomic E-state index is 0.00879. The van der Waals surface area contributed by atoms with Crippen LogP contribution < -0.4 is 14.8 Å². The fourth-order valence-electron chi connectivity index (χ4n) is 5.09. The highest BCUT2D eigenvalue weighted by Crippen LogP contribution is 2.65. The maximum atomic E-state index is 15.4. The second kappa shape index (κ2) is 11.5. The Morgan fingerprint density at radius 2 is 1.45 bits per heavy atom. The summed E-state index contributed by atoms with van der Waals surface area (Å²) in [5, 5.41) is 2.73. The lowest BCUT2D eigenvalue weighted by Gasteiger charge is -2.43. The van der Waals surface area contributed by atoms with E-state index in [1.54, 1.807) is 30.3 Å². The summed E-state index contributed by atoms with van der Waals surface area (Å²) in [7, 11) is 1.45. The Labute approximate surface area is 228 Å². The molecule has 0 aliphatic heterocycles. The van der Waals surface area contributed by atoms with Crippen molar-refractivity contribution in [1.82, 2.24) is 5.32 Å². The quantitative estimate of drug-likeness (QED) is 0.139. The van der Waals surface area contributed by atoms with E-state index in [0.29, 0.717) is 11.3 Å². The third-order valence-electron chi connectivity index (χ3n) is 7.24. The topological polar surface area (TPSA) is 47.6 Å². The predicted octanol–water partition coefficient (Wildman–Crippen LogP) is 7.63. The van der Waals surface area contributed by atoms with E-state index >= 15 is 13.2 Å². The van der Waals surface area contributed by atoms with Crippen LogP contribution in [0.3, 0.4) is 0 Å². The summed E-state index contributed by atoms with van der Waals surface area (Å²) in [6, 6.07) is 19.6. The summed E-state index contributed by atoms with van der Waals surface area (Å²) < 4.78 is 93.8. The van der Waals surface area contributed by atoms with Gasteiger partial charge >= 0.3 is 12.4 Å². The lowest BCUT2D eigenvalue weighted by molar-refractivity contribution is -0.218. The highest BCUT2D eigenvalue weighted by Gasteiger charge is 2.75. The van der Waals surface area contributed by atoms with E-state index in [-0.39, 0.29) is 49.3 Å². The van der Waals surface area contributed by atoms with Crippen molar-refractivity contribution in [2.24, 2.45) is 5.41 Å². The van der Waals surface area contributed by atoms with Gasteiger partial charge in [0.25, 0.3) is 0 Å². The van der Waals surface area contributed by atoms with Gasteiger partial charge in [-0.25, -0.2) is 0 Å². The van der Waals surface area contributed by atoms with Crippen LogP contribution in [0.2, 0.25) is 0 Å². The van der Waals surface area contributed by atoms with Gasteiger partial charge in [0.05, 0.1) is 19.1 Å². The smallest absolute Gasteiger partial charge is 0.411 e. The monoisotopic (exact) mass is 565 g/mol. The number of Topliss-reactive ketones (excluding diaryl/α,β-unsaturated/α-hetero) is 1. The summed E-state index contributed by atoms with van der Waals surface area (Å²) in [6.07, 6.45) is -10.5. The van der Waals surface area contributed by atoms with Crippen LogP contribution in [0.15, 0.2) is 78.9 Å². The predicted molar refractivity (Wildman–Crippen MR) is 137 cm³/mol. The number of carbonyl (C=O) groups is 1. The average Bonchev–Trinajstić information content (AvgIpc) is 3.73. The Morgan fingerprint density at radius 1 is 0.850 bits per heavy atom. The van der Waals surface area contributed by atoms with Crippen LogP contribution in [0.25, 0.3) is 0 Å². The maximum absolute atomic E-state index is 15.4. The molecule has 0 bridgehead atoms. The van der Waals surface area contributed by atoms with Crippen LogP contribution in [0.5, 0.6) is 11.5 Å². The van der Waals surface area contributed by atoms with Gasteiger partial charge < -0.3 is 9.47 Å². The highest BCUT2D eigenvalue weighted by atomic mass is 19.4. The Morgan fingerprint density at radius 3 is 1.98 bits per heavy atom. The van der Waals surface area contributed by atoms with Crippen molar-refractivity contribution in [3.8, 4) is 11.5 Å². The third kappa shape index (κ3) is 6.11. The molecule has 214 valence electrons. The molecule has 0 aromatic heterocycles. The van der Waals surface area contributed by atoms with Crippen molar-refractivity contribution in [2.45, 2.75) is 50.1 Å². The van der Waals surface area contributed by atoms with Gasteiger partial charge in [-0.1, -0.05) is 42.5 Å². The van der Waals surface area contributed by atoms with Gasteiger partial charge in [0, 0.05) is 18.5 Å². The minimum atomic E-state index is -4.89. The van der Waals surface area contributed by atoms with Gasteiger partial charge in [-0.15, -0.1) is 0 Å². The van der Waals surface area contributed by atoms with Crippen molar-refractivity contribution < 1.29 is 40.6 Å². The first-order valence-corrected chi connectivity index (χ1v) is 12.8. The SMILES string of the molecule is COc1ccc(C(=O)C2(C(NCc3ccccc3)(c3ccc(OCCCC(F)(F)F)cc3)C(F)(F)F)CC2)cc1. The first kappa shape index (κ1) is 29.5. The molecule has 1 unspecified atom stereocenters. The molecule has 1 aliphatic rings. The number of alkyl halides is 6. The second-order valence-electron chi connectivity index (χ2n) is 9.82. The summed E-state index contributed by atoms with van der Waals surface area (Å²) in [5.41, 5.74) is -4.00. The molecule has 1 saturated carbocycles. The molecule has 0 radical (unpaired) electrons. The molecular weight excluding hydrogens is 536 g/mol. The molecule has 4 nitrogen and oxygen atoms in total. The molecule has 3 aromatic rings. The first-order chi connectivity index (χ1) is 18.9. The Balaban J connectivity index is 1.71. The molecule has 40 heavy (non-hydrogen) atoms. The van der Waals surface area contributed by atoms with Crippen molar-refractivity contribution >= 4 is 5.78 Å². The molecule has 1 fully saturated rings. The molecule has 1 N–H and O–H groups in total. The average molecular weight is 566 g/mol. The van der Waals surface area contributed by atoms with Crippen LogP contribution in [0.1, 0.15) is 47.2 Å². The van der Waals surface area contributed by atoms with E-state index in [4.69, 9.17) is 9.47 Å². The molecule has 0 saturated heterocycles. The fourth-order valence-corrected chi connectivity index (χ4v) is 5.09. The Bertz CT molecular complexity index is 1270. The molecule has 10 heteroatoms. The van der Waals surface area contributed by atoms with Gasteiger partial charge in [0.15, 0.2) is 11.3 Å². The molecule has 1 aliphatic carbocycles. The summed E-state index contributed by atoms with van der Waals surface area (Å²) >= 11 is 0. The van der Waals surface area contributed by atoms with Gasteiger partial charge in [-0.2, -0.15) is 26.3 Å². The number of rotatable bonds is 12. The molecule has 0 amide bonds. The van der Waals surface area contributed by atoms with Crippen LogP contribution in [0.4, 0.5) is 26.3 Å². The first-order valence-electron chi connectivity index (χ1n) is 12.8. The molecule has 0 heterocycles. The number of nitrogens with one attached hydrogen (secondary N) is 1. The van der Waals surface area contributed by atoms with Crippen molar-refractivity contribution in [2.75, 3.05) is 13.7 Å². The lowest BCUT2D eigenvalue weighted by Crippen LogP contribution is -2.61. The fraction of sp³-hybridized carbons (Fsp3) is 0.367. The van der Waals surface area contributed by atoms with Crippen LogP contribution in [0, 0.1) is 5.41 Å². The van der Waals surface area contributed by atoms with Gasteiger partial charge in [0.1, 0.15) is 11.5 Å². The van der Waals surface area contributed by atoms with E-state index in [1.165, 1.54) is 55.6 Å². The summed E-state index contributed by atoms with van der Waals surface area (Å²) in [4.78, 5) is 13.8. The number of halogens is 6. The van der Waals surface area contributed by atoms with Crippen molar-refractivity contribution in [3.05, 3.63) is 95.6 Å². The van der Waals surface area contributed by atoms with Crippen LogP contribution >= 0.6 is 0 Å². The van der Waals surface area contributed by atoms with E-state index < -0.39 is 35.5 Å². The molecular formula is C30H29F6NO3. The van der Waals surface area contributed by atoms with Crippen molar-refractivity contribution in [3.63, 3.8) is 0 Å². The van der Waals surface area contributed by atoms with Gasteiger partial charge in [-0.3, -0.25) is 10.1 Å². The summed E-state index contributed by atoms with van der Waals surface area (Å²) in [5.74, 6) is -0.0339.